The third-order valence-corrected chi connectivity index (χ3v) is 6.20. The zero-order valence-electron chi connectivity index (χ0n) is 14.2. The van der Waals surface area contributed by atoms with E-state index in [1.807, 2.05) is 11.8 Å². The second kappa shape index (κ2) is 7.55. The largest absolute Gasteiger partial charge is 0.300 e. The third-order valence-electron chi connectivity index (χ3n) is 4.73. The molecule has 1 aliphatic heterocycles. The highest BCUT2D eigenvalue weighted by Crippen LogP contribution is 2.39. The fraction of sp³-hybridized carbons (Fsp3) is 0.429. The number of nitrogens with one attached hydrogen (secondary N) is 1. The monoisotopic (exact) mass is 325 g/mol. The van der Waals surface area contributed by atoms with Gasteiger partial charge in [-0.2, -0.15) is 0 Å². The van der Waals surface area contributed by atoms with E-state index in [-0.39, 0.29) is 11.6 Å². The van der Waals surface area contributed by atoms with Crippen LogP contribution in [-0.2, 0) is 0 Å². The fourth-order valence-corrected chi connectivity index (χ4v) is 4.60. The van der Waals surface area contributed by atoms with Gasteiger partial charge in [0, 0.05) is 16.2 Å². The molecule has 0 aliphatic carbocycles. The Balaban J connectivity index is 1.92. The average molecular weight is 326 g/mol. The molecule has 0 spiro atoms. The molecule has 1 N–H and O–H groups in total. The Morgan fingerprint density at radius 1 is 1.04 bits per heavy atom. The summed E-state index contributed by atoms with van der Waals surface area (Å²) in [6, 6.07) is 20.0. The summed E-state index contributed by atoms with van der Waals surface area (Å²) >= 11 is 2.01. The summed E-state index contributed by atoms with van der Waals surface area (Å²) in [5.74, 6) is 1.14. The number of hydrogen-bond donors (Lipinski definition) is 1. The lowest BCUT2D eigenvalue weighted by Crippen LogP contribution is -2.45. The number of thioether (sulfide) groups is 1. The smallest absolute Gasteiger partial charge is 0.0592 e. The van der Waals surface area contributed by atoms with Crippen molar-refractivity contribution in [3.05, 3.63) is 65.7 Å². The molecule has 1 aliphatic rings. The predicted octanol–water partition coefficient (Wildman–Crippen LogP) is 5.81. The van der Waals surface area contributed by atoms with Gasteiger partial charge in [-0.05, 0) is 30.5 Å². The topological polar surface area (TPSA) is 12.0 Å². The van der Waals surface area contributed by atoms with Crippen LogP contribution in [0.15, 0.2) is 59.5 Å². The van der Waals surface area contributed by atoms with Crippen LogP contribution >= 0.6 is 11.8 Å². The van der Waals surface area contributed by atoms with E-state index in [2.05, 4.69) is 73.8 Å². The van der Waals surface area contributed by atoms with Crippen molar-refractivity contribution >= 4 is 11.8 Å². The molecule has 0 saturated carbocycles. The zero-order valence-corrected chi connectivity index (χ0v) is 15.0. The third kappa shape index (κ3) is 3.99. The summed E-state index contributed by atoms with van der Waals surface area (Å²) in [4.78, 5) is 1.42. The molecule has 1 heterocycles. The molecule has 2 unspecified atom stereocenters. The molecule has 0 fully saturated rings. The van der Waals surface area contributed by atoms with Crippen LogP contribution in [0, 0.1) is 0 Å². The highest BCUT2D eigenvalue weighted by atomic mass is 32.2. The van der Waals surface area contributed by atoms with E-state index in [0.29, 0.717) is 0 Å². The quantitative estimate of drug-likeness (QED) is 0.696. The van der Waals surface area contributed by atoms with E-state index >= 15 is 0 Å². The molecule has 2 aromatic rings. The zero-order chi connectivity index (χ0) is 16.1. The van der Waals surface area contributed by atoms with E-state index < -0.39 is 0 Å². The van der Waals surface area contributed by atoms with Gasteiger partial charge in [-0.1, -0.05) is 74.7 Å². The van der Waals surface area contributed by atoms with Crippen molar-refractivity contribution in [1.29, 1.82) is 0 Å². The SMILES string of the molecule is CCCCCC1(C)CSc2ccccc2C(c2ccccc2)N1. The minimum absolute atomic E-state index is 0.180. The molecular formula is C21H27NS. The van der Waals surface area contributed by atoms with Crippen LogP contribution in [0.3, 0.4) is 0 Å². The Kier molecular flexibility index (Phi) is 5.45. The van der Waals surface area contributed by atoms with E-state index in [0.717, 1.165) is 5.75 Å². The fourth-order valence-electron chi connectivity index (χ4n) is 3.37. The number of fused-ring (bicyclic) bond motifs is 1. The molecule has 0 radical (unpaired) electrons. The number of benzene rings is 2. The Morgan fingerprint density at radius 3 is 2.57 bits per heavy atom. The lowest BCUT2D eigenvalue weighted by atomic mass is 9.91. The van der Waals surface area contributed by atoms with Gasteiger partial charge in [0.1, 0.15) is 0 Å². The van der Waals surface area contributed by atoms with Gasteiger partial charge in [0.15, 0.2) is 0 Å². The molecule has 0 bridgehead atoms. The Bertz CT molecular complexity index is 625. The lowest BCUT2D eigenvalue weighted by Gasteiger charge is -2.33. The molecule has 1 nitrogen and oxygen atoms in total. The Labute approximate surface area is 144 Å². The molecule has 0 saturated heterocycles. The molecular weight excluding hydrogens is 298 g/mol. The maximum absolute atomic E-state index is 4.00. The normalized spacial score (nSPS) is 24.0. The van der Waals surface area contributed by atoms with E-state index in [9.17, 15) is 0 Å². The van der Waals surface area contributed by atoms with Gasteiger partial charge in [-0.25, -0.2) is 0 Å². The van der Waals surface area contributed by atoms with Crippen LogP contribution in [0.25, 0.3) is 0 Å². The van der Waals surface area contributed by atoms with Crippen LogP contribution < -0.4 is 5.32 Å². The molecule has 3 rings (SSSR count). The van der Waals surface area contributed by atoms with Gasteiger partial charge in [0.25, 0.3) is 0 Å². The first-order valence-corrected chi connectivity index (χ1v) is 9.75. The summed E-state index contributed by atoms with van der Waals surface area (Å²) in [5.41, 5.74) is 2.96. The van der Waals surface area contributed by atoms with Crippen molar-refractivity contribution in [2.24, 2.45) is 0 Å². The van der Waals surface area contributed by atoms with E-state index in [1.54, 1.807) is 0 Å². The molecule has 0 amide bonds. The summed E-state index contributed by atoms with van der Waals surface area (Å²) in [7, 11) is 0. The first-order chi connectivity index (χ1) is 11.2. The van der Waals surface area contributed by atoms with Crippen molar-refractivity contribution in [3.63, 3.8) is 0 Å². The van der Waals surface area contributed by atoms with Crippen molar-refractivity contribution in [1.82, 2.24) is 5.32 Å². The van der Waals surface area contributed by atoms with Crippen LogP contribution in [0.2, 0.25) is 0 Å². The summed E-state index contributed by atoms with van der Waals surface area (Å²) in [6.07, 6.45) is 5.15. The summed E-state index contributed by atoms with van der Waals surface area (Å²) in [6.45, 7) is 4.68. The van der Waals surface area contributed by atoms with Gasteiger partial charge >= 0.3 is 0 Å². The molecule has 2 heteroatoms. The minimum atomic E-state index is 0.180. The summed E-state index contributed by atoms with van der Waals surface area (Å²) in [5, 5.41) is 4.00. The van der Waals surface area contributed by atoms with Gasteiger partial charge < -0.3 is 5.32 Å². The van der Waals surface area contributed by atoms with Gasteiger partial charge in [0.05, 0.1) is 6.04 Å². The number of unbranched alkanes of at least 4 members (excludes halogenated alkanes) is 2. The first-order valence-electron chi connectivity index (χ1n) is 8.76. The van der Waals surface area contributed by atoms with Crippen LogP contribution in [0.5, 0.6) is 0 Å². The maximum Gasteiger partial charge on any atom is 0.0592 e. The van der Waals surface area contributed by atoms with E-state index in [4.69, 9.17) is 0 Å². The highest BCUT2D eigenvalue weighted by molar-refractivity contribution is 7.99. The lowest BCUT2D eigenvalue weighted by molar-refractivity contribution is 0.333. The highest BCUT2D eigenvalue weighted by Gasteiger charge is 2.32. The molecule has 2 atom stereocenters. The van der Waals surface area contributed by atoms with Crippen molar-refractivity contribution in [2.75, 3.05) is 5.75 Å². The number of rotatable bonds is 5. The van der Waals surface area contributed by atoms with Crippen LogP contribution in [0.1, 0.15) is 56.7 Å². The maximum atomic E-state index is 4.00. The van der Waals surface area contributed by atoms with Gasteiger partial charge in [0.2, 0.25) is 0 Å². The van der Waals surface area contributed by atoms with Crippen LogP contribution in [0.4, 0.5) is 0 Å². The Morgan fingerprint density at radius 2 is 1.78 bits per heavy atom. The van der Waals surface area contributed by atoms with Gasteiger partial charge in [-0.15, -0.1) is 11.8 Å². The van der Waals surface area contributed by atoms with Gasteiger partial charge in [-0.3, -0.25) is 0 Å². The average Bonchev–Trinajstić information content (AvgIpc) is 2.74. The minimum Gasteiger partial charge on any atom is -0.300 e. The molecule has 0 aromatic heterocycles. The predicted molar refractivity (Wildman–Crippen MR) is 101 cm³/mol. The van der Waals surface area contributed by atoms with Crippen molar-refractivity contribution in [3.8, 4) is 0 Å². The Hall–Kier alpha value is -1.25. The van der Waals surface area contributed by atoms with Crippen molar-refractivity contribution in [2.45, 2.75) is 56.0 Å². The second-order valence-electron chi connectivity index (χ2n) is 6.83. The molecule has 2 aromatic carbocycles. The summed E-state index contributed by atoms with van der Waals surface area (Å²) < 4.78 is 0. The molecule has 23 heavy (non-hydrogen) atoms. The first kappa shape index (κ1) is 16.6. The molecule has 122 valence electrons. The van der Waals surface area contributed by atoms with Crippen molar-refractivity contribution < 1.29 is 0 Å². The number of hydrogen-bond acceptors (Lipinski definition) is 2. The standard InChI is InChI=1S/C21H27NS/c1-3-4-10-15-21(2)16-23-19-14-9-8-13-18(19)20(22-21)17-11-6-5-7-12-17/h5-9,11-14,20,22H,3-4,10,15-16H2,1-2H3. The van der Waals surface area contributed by atoms with Crippen LogP contribution in [-0.4, -0.2) is 11.3 Å². The van der Waals surface area contributed by atoms with E-state index in [1.165, 1.54) is 41.7 Å². The second-order valence-corrected chi connectivity index (χ2v) is 7.85.